The molecule has 21 heavy (non-hydrogen) atoms. The number of hydrogen-bond acceptors (Lipinski definition) is 1. The van der Waals surface area contributed by atoms with Crippen LogP contribution in [0.5, 0.6) is 0 Å². The molecule has 2 saturated carbocycles. The van der Waals surface area contributed by atoms with Crippen molar-refractivity contribution in [3.8, 4) is 0 Å². The van der Waals surface area contributed by atoms with Gasteiger partial charge in [-0.2, -0.15) is 0 Å². The van der Waals surface area contributed by atoms with Gasteiger partial charge in [0.2, 0.25) is 0 Å². The maximum Gasteiger partial charge on any atom is 0.0314 e. The van der Waals surface area contributed by atoms with Crippen LogP contribution in [0.2, 0.25) is 0 Å². The van der Waals surface area contributed by atoms with Crippen LogP contribution in [0.4, 0.5) is 5.69 Å². The summed E-state index contributed by atoms with van der Waals surface area (Å²) in [5, 5.41) is 0. The second-order valence-electron chi connectivity index (χ2n) is 7.67. The Bertz CT molecular complexity index is 429. The molecule has 0 aliphatic heterocycles. The van der Waals surface area contributed by atoms with Crippen molar-refractivity contribution < 1.29 is 0 Å². The van der Waals surface area contributed by atoms with Gasteiger partial charge in [0.05, 0.1) is 0 Å². The largest absolute Gasteiger partial charge is 0.399 e. The van der Waals surface area contributed by atoms with E-state index in [1.807, 2.05) is 0 Å². The predicted molar refractivity (Wildman–Crippen MR) is 91.4 cm³/mol. The van der Waals surface area contributed by atoms with Crippen molar-refractivity contribution in [3.63, 3.8) is 0 Å². The molecule has 0 bridgehead atoms. The molecule has 0 atom stereocenters. The van der Waals surface area contributed by atoms with Gasteiger partial charge in [-0.3, -0.25) is 0 Å². The quantitative estimate of drug-likeness (QED) is 0.687. The highest BCUT2D eigenvalue weighted by atomic mass is 14.5. The van der Waals surface area contributed by atoms with Crippen molar-refractivity contribution in [1.29, 1.82) is 0 Å². The lowest BCUT2D eigenvalue weighted by Gasteiger charge is -2.45. The second kappa shape index (κ2) is 6.42. The highest BCUT2D eigenvalue weighted by molar-refractivity contribution is 5.40. The number of hydrogen-bond donors (Lipinski definition) is 1. The molecule has 0 aromatic heterocycles. The molecule has 1 nitrogen and oxygen atoms in total. The van der Waals surface area contributed by atoms with Gasteiger partial charge < -0.3 is 5.73 Å². The van der Waals surface area contributed by atoms with Crippen molar-refractivity contribution in [1.82, 2.24) is 0 Å². The van der Waals surface area contributed by atoms with Gasteiger partial charge in [0, 0.05) is 5.69 Å². The summed E-state index contributed by atoms with van der Waals surface area (Å²) in [7, 11) is 0. The van der Waals surface area contributed by atoms with Gasteiger partial charge in [-0.05, 0) is 86.3 Å². The molecule has 1 spiro atoms. The first-order chi connectivity index (χ1) is 10.2. The Balaban J connectivity index is 1.54. The normalized spacial score (nSPS) is 33.2. The molecule has 2 aliphatic rings. The molecule has 0 amide bonds. The molecule has 2 aliphatic carbocycles. The molecule has 1 aromatic carbocycles. The smallest absolute Gasteiger partial charge is 0.0314 e. The lowest BCUT2D eigenvalue weighted by atomic mass is 9.60. The Morgan fingerprint density at radius 1 is 0.952 bits per heavy atom. The minimum absolute atomic E-state index is 0.717. The zero-order chi connectivity index (χ0) is 14.7. The Morgan fingerprint density at radius 3 is 2.10 bits per heavy atom. The molecule has 2 fully saturated rings. The number of rotatable bonds is 3. The fraction of sp³-hybridized carbons (Fsp3) is 0.700. The van der Waals surface area contributed by atoms with Gasteiger partial charge >= 0.3 is 0 Å². The van der Waals surface area contributed by atoms with E-state index >= 15 is 0 Å². The summed E-state index contributed by atoms with van der Waals surface area (Å²) in [6.45, 7) is 2.34. The molecular formula is C20H31N. The molecular weight excluding hydrogens is 254 g/mol. The number of anilines is 1. The molecule has 0 unspecified atom stereocenters. The number of nitrogen functional groups attached to an aromatic ring is 1. The average molecular weight is 285 g/mol. The summed E-state index contributed by atoms with van der Waals surface area (Å²) in [5.74, 6) is 1.82. The van der Waals surface area contributed by atoms with E-state index in [9.17, 15) is 0 Å². The van der Waals surface area contributed by atoms with E-state index in [1.165, 1.54) is 69.8 Å². The standard InChI is InChI=1S/C20H31N/c1-2-3-16-8-12-20(13-9-16)14-10-18(11-15-20)17-4-6-19(21)7-5-17/h4-7,16,18H,2-3,8-15,21H2,1H3. The molecule has 1 aromatic rings. The Kier molecular flexibility index (Phi) is 4.57. The minimum atomic E-state index is 0.717. The van der Waals surface area contributed by atoms with Gasteiger partial charge in [-0.25, -0.2) is 0 Å². The monoisotopic (exact) mass is 285 g/mol. The lowest BCUT2D eigenvalue weighted by molar-refractivity contribution is 0.0866. The molecule has 0 heterocycles. The first-order valence-electron chi connectivity index (χ1n) is 9.06. The number of nitrogens with two attached hydrogens (primary N) is 1. The van der Waals surface area contributed by atoms with E-state index in [4.69, 9.17) is 5.73 Å². The Labute approximate surface area is 130 Å². The van der Waals surface area contributed by atoms with E-state index < -0.39 is 0 Å². The van der Waals surface area contributed by atoms with E-state index in [-0.39, 0.29) is 0 Å². The van der Waals surface area contributed by atoms with Crippen molar-refractivity contribution >= 4 is 5.69 Å². The van der Waals surface area contributed by atoms with Crippen molar-refractivity contribution in [2.24, 2.45) is 11.3 Å². The van der Waals surface area contributed by atoms with Crippen LogP contribution in [0, 0.1) is 11.3 Å². The van der Waals surface area contributed by atoms with Crippen LogP contribution in [0.1, 0.15) is 82.6 Å². The van der Waals surface area contributed by atoms with Crippen LogP contribution in [0.15, 0.2) is 24.3 Å². The Morgan fingerprint density at radius 2 is 1.52 bits per heavy atom. The zero-order valence-electron chi connectivity index (χ0n) is 13.6. The van der Waals surface area contributed by atoms with Gasteiger partial charge in [-0.1, -0.05) is 31.9 Å². The summed E-state index contributed by atoms with van der Waals surface area (Å²) in [5.41, 5.74) is 8.92. The number of benzene rings is 1. The third kappa shape index (κ3) is 3.44. The molecule has 0 saturated heterocycles. The van der Waals surface area contributed by atoms with Crippen molar-refractivity contribution in [2.75, 3.05) is 5.73 Å². The Hall–Kier alpha value is -0.980. The first kappa shape index (κ1) is 14.9. The fourth-order valence-electron chi connectivity index (χ4n) is 4.82. The first-order valence-corrected chi connectivity index (χ1v) is 9.06. The molecule has 3 rings (SSSR count). The molecule has 0 radical (unpaired) electrons. The van der Waals surface area contributed by atoms with Gasteiger partial charge in [0.25, 0.3) is 0 Å². The predicted octanol–water partition coefficient (Wildman–Crippen LogP) is 5.90. The average Bonchev–Trinajstić information content (AvgIpc) is 2.52. The third-order valence-corrected chi connectivity index (χ3v) is 6.32. The summed E-state index contributed by atoms with van der Waals surface area (Å²) in [4.78, 5) is 0. The highest BCUT2D eigenvalue weighted by Gasteiger charge is 2.38. The van der Waals surface area contributed by atoms with Gasteiger partial charge in [0.1, 0.15) is 0 Å². The van der Waals surface area contributed by atoms with Crippen LogP contribution in [0.3, 0.4) is 0 Å². The van der Waals surface area contributed by atoms with Crippen LogP contribution < -0.4 is 5.73 Å². The SMILES string of the molecule is CCCC1CCC2(CC1)CCC(c1ccc(N)cc1)CC2. The van der Waals surface area contributed by atoms with Crippen molar-refractivity contribution in [3.05, 3.63) is 29.8 Å². The fourth-order valence-corrected chi connectivity index (χ4v) is 4.82. The topological polar surface area (TPSA) is 26.0 Å². The molecule has 1 heteroatoms. The molecule has 2 N–H and O–H groups in total. The maximum absolute atomic E-state index is 5.81. The minimum Gasteiger partial charge on any atom is -0.399 e. The lowest BCUT2D eigenvalue weighted by Crippen LogP contribution is -2.31. The van der Waals surface area contributed by atoms with E-state index in [1.54, 1.807) is 0 Å². The summed E-state index contributed by atoms with van der Waals surface area (Å²) in [6.07, 6.45) is 14.5. The van der Waals surface area contributed by atoms with E-state index in [2.05, 4.69) is 31.2 Å². The third-order valence-electron chi connectivity index (χ3n) is 6.32. The van der Waals surface area contributed by atoms with E-state index in [0.717, 1.165) is 17.5 Å². The van der Waals surface area contributed by atoms with Crippen molar-refractivity contribution in [2.45, 2.75) is 77.0 Å². The van der Waals surface area contributed by atoms with Crippen LogP contribution in [-0.2, 0) is 0 Å². The molecule has 116 valence electrons. The van der Waals surface area contributed by atoms with Gasteiger partial charge in [0.15, 0.2) is 0 Å². The second-order valence-corrected chi connectivity index (χ2v) is 7.67. The highest BCUT2D eigenvalue weighted by Crippen LogP contribution is 2.52. The van der Waals surface area contributed by atoms with Crippen LogP contribution in [-0.4, -0.2) is 0 Å². The summed E-state index contributed by atoms with van der Waals surface area (Å²) < 4.78 is 0. The summed E-state index contributed by atoms with van der Waals surface area (Å²) in [6, 6.07) is 8.62. The zero-order valence-corrected chi connectivity index (χ0v) is 13.6. The van der Waals surface area contributed by atoms with Crippen LogP contribution >= 0.6 is 0 Å². The summed E-state index contributed by atoms with van der Waals surface area (Å²) >= 11 is 0. The van der Waals surface area contributed by atoms with Gasteiger partial charge in [-0.15, -0.1) is 0 Å². The van der Waals surface area contributed by atoms with Crippen LogP contribution in [0.25, 0.3) is 0 Å². The maximum atomic E-state index is 5.81. The van der Waals surface area contributed by atoms with E-state index in [0.29, 0.717) is 5.41 Å².